The van der Waals surface area contributed by atoms with Gasteiger partial charge in [0.25, 0.3) is 5.91 Å². The molecule has 1 unspecified atom stereocenters. The van der Waals surface area contributed by atoms with Crippen LogP contribution in [-0.2, 0) is 0 Å². The van der Waals surface area contributed by atoms with Crippen LogP contribution in [0.5, 0.6) is 5.75 Å². The molecule has 5 heteroatoms. The number of benzene rings is 1. The largest absolute Gasteiger partial charge is 0.497 e. The van der Waals surface area contributed by atoms with Crippen molar-refractivity contribution in [1.82, 2.24) is 15.5 Å². The number of hydrogen-bond donors (Lipinski definition) is 2. The van der Waals surface area contributed by atoms with Gasteiger partial charge < -0.3 is 10.1 Å². The molecule has 1 aromatic carbocycles. The van der Waals surface area contributed by atoms with Crippen molar-refractivity contribution >= 4 is 5.91 Å². The minimum absolute atomic E-state index is 0.138. The van der Waals surface area contributed by atoms with Crippen molar-refractivity contribution in [1.29, 1.82) is 0 Å². The second-order valence-corrected chi connectivity index (χ2v) is 4.68. The van der Waals surface area contributed by atoms with Crippen LogP contribution in [0.25, 0.3) is 11.3 Å². The van der Waals surface area contributed by atoms with E-state index in [-0.39, 0.29) is 11.9 Å². The van der Waals surface area contributed by atoms with Crippen LogP contribution in [0.4, 0.5) is 0 Å². The van der Waals surface area contributed by atoms with Gasteiger partial charge in [0.05, 0.1) is 12.8 Å². The van der Waals surface area contributed by atoms with E-state index in [1.807, 2.05) is 38.1 Å². The van der Waals surface area contributed by atoms with Gasteiger partial charge in [0.1, 0.15) is 11.4 Å². The van der Waals surface area contributed by atoms with Gasteiger partial charge in [0.2, 0.25) is 0 Å². The molecule has 2 aromatic rings. The van der Waals surface area contributed by atoms with Gasteiger partial charge in [-0.15, -0.1) is 0 Å². The van der Waals surface area contributed by atoms with Crippen molar-refractivity contribution in [2.24, 2.45) is 0 Å². The monoisotopic (exact) mass is 273 g/mol. The Labute approximate surface area is 118 Å². The number of ether oxygens (including phenoxy) is 1. The summed E-state index contributed by atoms with van der Waals surface area (Å²) in [5, 5.41) is 9.84. The highest BCUT2D eigenvalue weighted by Crippen LogP contribution is 2.22. The molecule has 0 saturated carbocycles. The van der Waals surface area contributed by atoms with Crippen LogP contribution in [0.3, 0.4) is 0 Å². The molecule has 1 heterocycles. The first-order valence-corrected chi connectivity index (χ1v) is 6.64. The van der Waals surface area contributed by atoms with E-state index in [2.05, 4.69) is 15.5 Å². The van der Waals surface area contributed by atoms with Crippen LogP contribution in [-0.4, -0.2) is 29.3 Å². The molecule has 1 amide bonds. The smallest absolute Gasteiger partial charge is 0.269 e. The topological polar surface area (TPSA) is 67.0 Å². The third kappa shape index (κ3) is 3.17. The molecule has 5 nitrogen and oxygen atoms in total. The minimum Gasteiger partial charge on any atom is -0.497 e. The summed E-state index contributed by atoms with van der Waals surface area (Å²) in [4.78, 5) is 12.0. The summed E-state index contributed by atoms with van der Waals surface area (Å²) in [5.41, 5.74) is 2.09. The quantitative estimate of drug-likeness (QED) is 0.880. The predicted octanol–water partition coefficient (Wildman–Crippen LogP) is 2.61. The molecule has 0 spiro atoms. The highest BCUT2D eigenvalue weighted by molar-refractivity contribution is 5.93. The van der Waals surface area contributed by atoms with Gasteiger partial charge in [-0.05, 0) is 31.5 Å². The molecule has 0 saturated heterocycles. The van der Waals surface area contributed by atoms with Gasteiger partial charge in [-0.3, -0.25) is 9.89 Å². The van der Waals surface area contributed by atoms with E-state index in [9.17, 15) is 4.79 Å². The van der Waals surface area contributed by atoms with Crippen molar-refractivity contribution in [2.45, 2.75) is 26.3 Å². The molecule has 20 heavy (non-hydrogen) atoms. The number of H-pyrrole nitrogens is 1. The summed E-state index contributed by atoms with van der Waals surface area (Å²) in [6.07, 6.45) is 0.891. The Morgan fingerprint density at radius 2 is 2.25 bits per heavy atom. The number of aromatic nitrogens is 2. The Morgan fingerprint density at radius 1 is 1.45 bits per heavy atom. The average Bonchev–Trinajstić information content (AvgIpc) is 2.97. The fourth-order valence-corrected chi connectivity index (χ4v) is 1.77. The SMILES string of the molecule is CCC(C)NC(=O)c1cc(-c2cccc(OC)c2)n[nH]1. The van der Waals surface area contributed by atoms with E-state index in [1.54, 1.807) is 13.2 Å². The highest BCUT2D eigenvalue weighted by Gasteiger charge is 2.12. The number of carbonyl (C=O) groups is 1. The lowest BCUT2D eigenvalue weighted by Gasteiger charge is -2.09. The number of rotatable bonds is 5. The Kier molecular flexibility index (Phi) is 4.40. The van der Waals surface area contributed by atoms with E-state index in [0.717, 1.165) is 23.4 Å². The number of amides is 1. The Morgan fingerprint density at radius 3 is 2.95 bits per heavy atom. The fraction of sp³-hybridized carbons (Fsp3) is 0.333. The first-order valence-electron chi connectivity index (χ1n) is 6.64. The summed E-state index contributed by atoms with van der Waals surface area (Å²) in [6.45, 7) is 4.00. The highest BCUT2D eigenvalue weighted by atomic mass is 16.5. The molecule has 2 rings (SSSR count). The Balaban J connectivity index is 2.17. The van der Waals surface area contributed by atoms with Gasteiger partial charge in [0.15, 0.2) is 0 Å². The molecule has 0 aliphatic rings. The van der Waals surface area contributed by atoms with Crippen molar-refractivity contribution in [3.05, 3.63) is 36.0 Å². The maximum absolute atomic E-state index is 12.0. The lowest BCUT2D eigenvalue weighted by atomic mass is 10.1. The molecule has 0 fully saturated rings. The maximum atomic E-state index is 12.0. The molecule has 0 aliphatic carbocycles. The van der Waals surface area contributed by atoms with E-state index in [4.69, 9.17) is 4.74 Å². The molecule has 106 valence electrons. The van der Waals surface area contributed by atoms with Gasteiger partial charge in [-0.1, -0.05) is 19.1 Å². The minimum atomic E-state index is -0.138. The molecular weight excluding hydrogens is 254 g/mol. The first kappa shape index (κ1) is 14.1. The van der Waals surface area contributed by atoms with Crippen LogP contribution >= 0.6 is 0 Å². The van der Waals surface area contributed by atoms with Crippen LogP contribution in [0.1, 0.15) is 30.8 Å². The lowest BCUT2D eigenvalue weighted by molar-refractivity contribution is 0.0934. The van der Waals surface area contributed by atoms with E-state index in [0.29, 0.717) is 5.69 Å². The van der Waals surface area contributed by atoms with E-state index in [1.165, 1.54) is 0 Å². The second-order valence-electron chi connectivity index (χ2n) is 4.68. The van der Waals surface area contributed by atoms with Crippen LogP contribution in [0, 0.1) is 0 Å². The summed E-state index contributed by atoms with van der Waals surface area (Å²) in [5.74, 6) is 0.622. The number of aromatic amines is 1. The molecule has 0 aliphatic heterocycles. The van der Waals surface area contributed by atoms with Gasteiger partial charge in [-0.2, -0.15) is 5.10 Å². The normalized spacial score (nSPS) is 11.9. The standard InChI is InChI=1S/C15H19N3O2/c1-4-10(2)16-15(19)14-9-13(17-18-14)11-6-5-7-12(8-11)20-3/h5-10H,4H2,1-3H3,(H,16,19)(H,17,18). The van der Waals surface area contributed by atoms with Crippen molar-refractivity contribution < 1.29 is 9.53 Å². The first-order chi connectivity index (χ1) is 9.63. The average molecular weight is 273 g/mol. The predicted molar refractivity (Wildman–Crippen MR) is 77.8 cm³/mol. The van der Waals surface area contributed by atoms with Gasteiger partial charge in [0, 0.05) is 11.6 Å². The number of hydrogen-bond acceptors (Lipinski definition) is 3. The summed E-state index contributed by atoms with van der Waals surface area (Å²) in [6, 6.07) is 9.45. The number of nitrogens with one attached hydrogen (secondary N) is 2. The third-order valence-corrected chi connectivity index (χ3v) is 3.18. The van der Waals surface area contributed by atoms with Crippen molar-refractivity contribution in [3.8, 4) is 17.0 Å². The zero-order chi connectivity index (χ0) is 14.5. The molecule has 1 aromatic heterocycles. The molecular formula is C15H19N3O2. The summed E-state index contributed by atoms with van der Waals surface area (Å²) < 4.78 is 5.18. The zero-order valence-corrected chi connectivity index (χ0v) is 11.9. The van der Waals surface area contributed by atoms with E-state index >= 15 is 0 Å². The van der Waals surface area contributed by atoms with Gasteiger partial charge in [-0.25, -0.2) is 0 Å². The van der Waals surface area contributed by atoms with Gasteiger partial charge >= 0.3 is 0 Å². The third-order valence-electron chi connectivity index (χ3n) is 3.18. The van der Waals surface area contributed by atoms with Crippen LogP contribution in [0.2, 0.25) is 0 Å². The van der Waals surface area contributed by atoms with Crippen molar-refractivity contribution in [3.63, 3.8) is 0 Å². The zero-order valence-electron chi connectivity index (χ0n) is 11.9. The number of methoxy groups -OCH3 is 1. The van der Waals surface area contributed by atoms with Crippen LogP contribution < -0.4 is 10.1 Å². The lowest BCUT2D eigenvalue weighted by Crippen LogP contribution is -2.32. The molecule has 2 N–H and O–H groups in total. The molecule has 0 radical (unpaired) electrons. The fourth-order valence-electron chi connectivity index (χ4n) is 1.77. The number of carbonyl (C=O) groups excluding carboxylic acids is 1. The Bertz CT molecular complexity index is 592. The van der Waals surface area contributed by atoms with Crippen molar-refractivity contribution in [2.75, 3.05) is 7.11 Å². The summed E-state index contributed by atoms with van der Waals surface area (Å²) >= 11 is 0. The number of nitrogens with zero attached hydrogens (tertiary/aromatic N) is 1. The summed E-state index contributed by atoms with van der Waals surface area (Å²) in [7, 11) is 1.62. The van der Waals surface area contributed by atoms with Crippen LogP contribution in [0.15, 0.2) is 30.3 Å². The maximum Gasteiger partial charge on any atom is 0.269 e. The molecule has 1 atom stereocenters. The Hall–Kier alpha value is -2.30. The molecule has 0 bridgehead atoms. The van der Waals surface area contributed by atoms with E-state index < -0.39 is 0 Å². The second kappa shape index (κ2) is 6.23.